The summed E-state index contributed by atoms with van der Waals surface area (Å²) in [5.74, 6) is -2.62. The standard InChI is InChI=1S/C17H18F6N4O3.ClH/c1-8-5-3-2-4-6-15(28,17(21,22)23)14-27-26-13(30-14)11-10(24)7-9(16(18,19)20)12(25-11)29-8;/h7-8,28H,2-6,24H2,1H3;1H/t8-,15+;/m1./s1. The number of alkyl halides is 6. The Bertz CT molecular complexity index is 920. The largest absolute Gasteiger partial charge is 0.474 e. The van der Waals surface area contributed by atoms with Crippen LogP contribution in [0.2, 0.25) is 0 Å². The summed E-state index contributed by atoms with van der Waals surface area (Å²) >= 11 is 0. The molecule has 2 aromatic heterocycles. The molecule has 0 radical (unpaired) electrons. The number of fused-ring (bicyclic) bond motifs is 5. The van der Waals surface area contributed by atoms with Crippen molar-refractivity contribution in [2.75, 3.05) is 5.73 Å². The Morgan fingerprint density at radius 1 is 1.13 bits per heavy atom. The summed E-state index contributed by atoms with van der Waals surface area (Å²) in [6, 6.07) is 0.538. The van der Waals surface area contributed by atoms with Gasteiger partial charge in [-0.3, -0.25) is 0 Å². The van der Waals surface area contributed by atoms with Gasteiger partial charge in [-0.2, -0.15) is 26.3 Å². The molecule has 31 heavy (non-hydrogen) atoms. The molecule has 1 aliphatic heterocycles. The van der Waals surface area contributed by atoms with Crippen molar-refractivity contribution in [2.45, 2.75) is 63.1 Å². The zero-order chi connectivity index (χ0) is 22.3. The first kappa shape index (κ1) is 25.0. The number of hydrogen-bond donors (Lipinski definition) is 2. The predicted molar refractivity (Wildman–Crippen MR) is 97.3 cm³/mol. The van der Waals surface area contributed by atoms with Crippen molar-refractivity contribution in [1.29, 1.82) is 0 Å². The van der Waals surface area contributed by atoms with E-state index in [1.54, 1.807) is 0 Å². The van der Waals surface area contributed by atoms with Crippen LogP contribution in [0.4, 0.5) is 32.0 Å². The Kier molecular flexibility index (Phi) is 7.00. The van der Waals surface area contributed by atoms with Gasteiger partial charge in [0.1, 0.15) is 5.56 Å². The van der Waals surface area contributed by atoms with Gasteiger partial charge in [-0.05, 0) is 38.7 Å². The monoisotopic (exact) mass is 476 g/mol. The summed E-state index contributed by atoms with van der Waals surface area (Å²) in [6.07, 6.45) is -10.5. The molecule has 0 spiro atoms. The average Bonchev–Trinajstić information content (AvgIpc) is 3.10. The molecule has 1 aliphatic rings. The Hall–Kier alpha value is -2.28. The molecule has 3 N–H and O–H groups in total. The van der Waals surface area contributed by atoms with Crippen molar-refractivity contribution >= 4 is 18.1 Å². The number of aromatic nitrogens is 3. The minimum absolute atomic E-state index is 0. The van der Waals surface area contributed by atoms with E-state index in [0.717, 1.165) is 0 Å². The summed E-state index contributed by atoms with van der Waals surface area (Å²) in [6.45, 7) is 1.51. The highest BCUT2D eigenvalue weighted by Crippen LogP contribution is 2.44. The Morgan fingerprint density at radius 2 is 1.81 bits per heavy atom. The van der Waals surface area contributed by atoms with Crippen molar-refractivity contribution in [2.24, 2.45) is 0 Å². The number of aliphatic hydroxyl groups is 1. The fraction of sp³-hybridized carbons (Fsp3) is 0.588. The summed E-state index contributed by atoms with van der Waals surface area (Å²) in [5.41, 5.74) is -0.0609. The van der Waals surface area contributed by atoms with Crippen LogP contribution in [0.25, 0.3) is 11.6 Å². The van der Waals surface area contributed by atoms with E-state index < -0.39 is 65.1 Å². The van der Waals surface area contributed by atoms with E-state index >= 15 is 0 Å². The number of hydrogen-bond acceptors (Lipinski definition) is 7. The number of halogens is 7. The van der Waals surface area contributed by atoms with Crippen LogP contribution in [0.3, 0.4) is 0 Å². The van der Waals surface area contributed by atoms with E-state index in [-0.39, 0.29) is 31.7 Å². The van der Waals surface area contributed by atoms with E-state index in [2.05, 4.69) is 15.2 Å². The fourth-order valence-electron chi connectivity index (χ4n) is 3.07. The SMILES string of the molecule is C[C@@H]1CCCCC[C@@](O)(C(F)(F)F)c2nnc(o2)-c2nc(c(C(F)(F)F)cc2N)O1.Cl. The highest BCUT2D eigenvalue weighted by atomic mass is 35.5. The summed E-state index contributed by atoms with van der Waals surface area (Å²) in [5, 5.41) is 16.9. The van der Waals surface area contributed by atoms with Gasteiger partial charge in [0.2, 0.25) is 11.5 Å². The Balaban J connectivity index is 0.00000341. The van der Waals surface area contributed by atoms with Crippen molar-refractivity contribution in [3.05, 3.63) is 17.5 Å². The molecular formula is C17H19ClF6N4O3. The number of ether oxygens (including phenoxy) is 1. The molecular weight excluding hydrogens is 458 g/mol. The van der Waals surface area contributed by atoms with Crippen molar-refractivity contribution in [3.8, 4) is 17.5 Å². The molecule has 0 amide bonds. The normalized spacial score (nSPS) is 22.8. The van der Waals surface area contributed by atoms with Gasteiger partial charge in [0.15, 0.2) is 5.69 Å². The van der Waals surface area contributed by atoms with Gasteiger partial charge in [-0.1, -0.05) is 6.42 Å². The Morgan fingerprint density at radius 3 is 2.42 bits per heavy atom. The number of rotatable bonds is 0. The lowest BCUT2D eigenvalue weighted by Crippen LogP contribution is -2.42. The second-order valence-electron chi connectivity index (χ2n) is 7.07. The van der Waals surface area contributed by atoms with Gasteiger partial charge in [0.05, 0.1) is 11.8 Å². The lowest BCUT2D eigenvalue weighted by atomic mass is 9.94. The lowest BCUT2D eigenvalue weighted by molar-refractivity contribution is -0.277. The minimum atomic E-state index is -5.12. The molecule has 2 atom stereocenters. The van der Waals surface area contributed by atoms with Gasteiger partial charge in [0, 0.05) is 0 Å². The molecule has 0 fully saturated rings. The van der Waals surface area contributed by atoms with Crippen LogP contribution in [-0.2, 0) is 11.8 Å². The third-order valence-electron chi connectivity index (χ3n) is 4.73. The van der Waals surface area contributed by atoms with E-state index in [0.29, 0.717) is 12.5 Å². The maximum atomic E-state index is 13.5. The molecule has 3 rings (SSSR count). The van der Waals surface area contributed by atoms with Crippen LogP contribution < -0.4 is 10.5 Å². The average molecular weight is 477 g/mol. The van der Waals surface area contributed by atoms with Crippen LogP contribution in [-0.4, -0.2) is 32.6 Å². The van der Waals surface area contributed by atoms with E-state index in [1.165, 1.54) is 6.92 Å². The molecule has 0 saturated heterocycles. The van der Waals surface area contributed by atoms with Gasteiger partial charge in [-0.25, -0.2) is 4.98 Å². The van der Waals surface area contributed by atoms with E-state index in [1.807, 2.05) is 0 Å². The van der Waals surface area contributed by atoms with E-state index in [4.69, 9.17) is 14.9 Å². The maximum absolute atomic E-state index is 13.5. The second-order valence-corrected chi connectivity index (χ2v) is 7.07. The third kappa shape index (κ3) is 4.97. The first-order valence-corrected chi connectivity index (χ1v) is 9.01. The molecule has 0 unspecified atom stereocenters. The van der Waals surface area contributed by atoms with Crippen LogP contribution in [0, 0.1) is 0 Å². The van der Waals surface area contributed by atoms with Crippen LogP contribution in [0.1, 0.15) is 50.5 Å². The molecule has 14 heteroatoms. The third-order valence-corrected chi connectivity index (χ3v) is 4.73. The number of nitrogen functional groups attached to an aromatic ring is 1. The van der Waals surface area contributed by atoms with Gasteiger partial charge in [-0.15, -0.1) is 22.6 Å². The number of anilines is 1. The predicted octanol–water partition coefficient (Wildman–Crippen LogP) is 4.64. The molecule has 174 valence electrons. The highest BCUT2D eigenvalue weighted by molar-refractivity contribution is 5.85. The molecule has 7 nitrogen and oxygen atoms in total. The molecule has 0 aliphatic carbocycles. The summed E-state index contributed by atoms with van der Waals surface area (Å²) in [4.78, 5) is 3.71. The zero-order valence-corrected chi connectivity index (χ0v) is 16.9. The van der Waals surface area contributed by atoms with Gasteiger partial charge >= 0.3 is 12.4 Å². The fourth-order valence-corrected chi connectivity index (χ4v) is 3.07. The zero-order valence-electron chi connectivity index (χ0n) is 16.0. The maximum Gasteiger partial charge on any atom is 0.426 e. The van der Waals surface area contributed by atoms with Crippen molar-refractivity contribution in [1.82, 2.24) is 15.2 Å². The van der Waals surface area contributed by atoms with E-state index in [9.17, 15) is 31.4 Å². The van der Waals surface area contributed by atoms with Crippen molar-refractivity contribution < 1.29 is 40.6 Å². The Labute approximate surface area is 178 Å². The molecule has 3 heterocycles. The minimum Gasteiger partial charge on any atom is -0.474 e. The topological polar surface area (TPSA) is 107 Å². The van der Waals surface area contributed by atoms with Crippen molar-refractivity contribution in [3.63, 3.8) is 0 Å². The lowest BCUT2D eigenvalue weighted by Gasteiger charge is -2.27. The first-order chi connectivity index (χ1) is 13.8. The molecule has 0 aromatic carbocycles. The first-order valence-electron chi connectivity index (χ1n) is 9.01. The van der Waals surface area contributed by atoms with Crippen LogP contribution in [0.5, 0.6) is 5.88 Å². The summed E-state index contributed by atoms with van der Waals surface area (Å²) < 4.78 is 91.1. The number of pyridine rings is 1. The summed E-state index contributed by atoms with van der Waals surface area (Å²) in [7, 11) is 0. The quantitative estimate of drug-likeness (QED) is 0.533. The van der Waals surface area contributed by atoms with Crippen LogP contribution in [0.15, 0.2) is 10.5 Å². The number of nitrogens with zero attached hydrogens (tertiary/aromatic N) is 3. The van der Waals surface area contributed by atoms with Gasteiger partial charge < -0.3 is 20.0 Å². The molecule has 4 bridgehead atoms. The second kappa shape index (κ2) is 8.69. The van der Waals surface area contributed by atoms with Crippen LogP contribution >= 0.6 is 12.4 Å². The molecule has 2 aromatic rings. The smallest absolute Gasteiger partial charge is 0.426 e. The molecule has 0 saturated carbocycles. The number of nitrogens with two attached hydrogens (primary N) is 1. The highest BCUT2D eigenvalue weighted by Gasteiger charge is 2.58. The van der Waals surface area contributed by atoms with Gasteiger partial charge in [0.25, 0.3) is 11.8 Å².